The fourth-order valence-corrected chi connectivity index (χ4v) is 3.43. The first-order valence-corrected chi connectivity index (χ1v) is 8.76. The maximum atomic E-state index is 13.0. The SMILES string of the molecule is COc1ccc(-n2ccc(C(=O)N3CCCCC3c3cn[nH]c3)n2)cc1. The molecule has 0 aliphatic carbocycles. The minimum atomic E-state index is -0.0387. The molecule has 0 radical (unpaired) electrons. The van der Waals surface area contributed by atoms with Crippen molar-refractivity contribution in [3.8, 4) is 11.4 Å². The number of aromatic nitrogens is 4. The van der Waals surface area contributed by atoms with E-state index in [0.29, 0.717) is 5.69 Å². The van der Waals surface area contributed by atoms with Crippen molar-refractivity contribution in [1.29, 1.82) is 0 Å². The van der Waals surface area contributed by atoms with Crippen LogP contribution in [0.4, 0.5) is 0 Å². The molecule has 1 N–H and O–H groups in total. The van der Waals surface area contributed by atoms with E-state index in [-0.39, 0.29) is 11.9 Å². The van der Waals surface area contributed by atoms with Crippen molar-refractivity contribution in [2.24, 2.45) is 0 Å². The lowest BCUT2D eigenvalue weighted by molar-refractivity contribution is 0.0605. The predicted octanol–water partition coefficient (Wildman–Crippen LogP) is 2.97. The van der Waals surface area contributed by atoms with E-state index in [4.69, 9.17) is 4.74 Å². The number of H-pyrrole nitrogens is 1. The van der Waals surface area contributed by atoms with Gasteiger partial charge in [0.25, 0.3) is 5.91 Å². The summed E-state index contributed by atoms with van der Waals surface area (Å²) in [6.45, 7) is 0.740. The van der Waals surface area contributed by atoms with Gasteiger partial charge in [-0.3, -0.25) is 9.89 Å². The van der Waals surface area contributed by atoms with Gasteiger partial charge in [0.05, 0.1) is 25.0 Å². The third-order valence-corrected chi connectivity index (χ3v) is 4.81. The lowest BCUT2D eigenvalue weighted by Gasteiger charge is -2.34. The molecule has 134 valence electrons. The van der Waals surface area contributed by atoms with Crippen LogP contribution in [0.15, 0.2) is 48.9 Å². The Morgan fingerprint density at radius 1 is 1.23 bits per heavy atom. The number of aromatic amines is 1. The third-order valence-electron chi connectivity index (χ3n) is 4.81. The van der Waals surface area contributed by atoms with Crippen LogP contribution in [-0.4, -0.2) is 44.4 Å². The summed E-state index contributed by atoms with van der Waals surface area (Å²) in [5.41, 5.74) is 2.39. The second kappa shape index (κ2) is 7.03. The van der Waals surface area contributed by atoms with Gasteiger partial charge >= 0.3 is 0 Å². The summed E-state index contributed by atoms with van der Waals surface area (Å²) >= 11 is 0. The Balaban J connectivity index is 1.56. The molecule has 7 heteroatoms. The number of amides is 1. The minimum absolute atomic E-state index is 0.0387. The van der Waals surface area contributed by atoms with Crippen molar-refractivity contribution < 1.29 is 9.53 Å². The number of benzene rings is 1. The maximum Gasteiger partial charge on any atom is 0.274 e. The Hall–Kier alpha value is -3.09. The molecular weight excluding hydrogens is 330 g/mol. The fourth-order valence-electron chi connectivity index (χ4n) is 3.43. The van der Waals surface area contributed by atoms with E-state index in [0.717, 1.165) is 42.8 Å². The van der Waals surface area contributed by atoms with E-state index in [9.17, 15) is 4.79 Å². The Morgan fingerprint density at radius 2 is 2.08 bits per heavy atom. The van der Waals surface area contributed by atoms with E-state index in [1.54, 1.807) is 24.1 Å². The highest BCUT2D eigenvalue weighted by Crippen LogP contribution is 2.31. The number of hydrogen-bond acceptors (Lipinski definition) is 4. The van der Waals surface area contributed by atoms with Crippen LogP contribution in [0.3, 0.4) is 0 Å². The van der Waals surface area contributed by atoms with E-state index in [1.165, 1.54) is 0 Å². The number of nitrogens with one attached hydrogen (secondary N) is 1. The molecule has 1 aliphatic rings. The van der Waals surface area contributed by atoms with Crippen LogP contribution in [-0.2, 0) is 0 Å². The summed E-state index contributed by atoms with van der Waals surface area (Å²) in [5.74, 6) is 0.747. The first kappa shape index (κ1) is 16.4. The van der Waals surface area contributed by atoms with Gasteiger partial charge in [-0.05, 0) is 49.6 Å². The summed E-state index contributed by atoms with van der Waals surface area (Å²) in [6.07, 6.45) is 8.55. The smallest absolute Gasteiger partial charge is 0.274 e. The molecule has 1 unspecified atom stereocenters. The highest BCUT2D eigenvalue weighted by Gasteiger charge is 2.30. The zero-order valence-corrected chi connectivity index (χ0v) is 14.6. The average molecular weight is 351 g/mol. The van der Waals surface area contributed by atoms with Gasteiger partial charge in [-0.25, -0.2) is 4.68 Å². The number of piperidine rings is 1. The lowest BCUT2D eigenvalue weighted by Crippen LogP contribution is -2.38. The number of carbonyl (C=O) groups is 1. The fraction of sp³-hybridized carbons (Fsp3) is 0.316. The molecule has 7 nitrogen and oxygen atoms in total. The number of rotatable bonds is 4. The standard InChI is InChI=1S/C19H21N5O2/c1-26-16-7-5-15(6-8-16)24-11-9-17(22-24)19(25)23-10-3-2-4-18(23)14-12-20-21-13-14/h5-9,11-13,18H,2-4,10H2,1H3,(H,20,21). The molecule has 1 fully saturated rings. The van der Waals surface area contributed by atoms with Gasteiger partial charge < -0.3 is 9.64 Å². The summed E-state index contributed by atoms with van der Waals surface area (Å²) in [6, 6.07) is 9.40. The lowest BCUT2D eigenvalue weighted by atomic mass is 9.97. The topological polar surface area (TPSA) is 76.0 Å². The van der Waals surface area contributed by atoms with Crippen LogP contribution in [0.25, 0.3) is 5.69 Å². The molecule has 1 aliphatic heterocycles. The normalized spacial score (nSPS) is 17.3. The largest absolute Gasteiger partial charge is 0.497 e. The van der Waals surface area contributed by atoms with Crippen molar-refractivity contribution in [3.05, 3.63) is 60.2 Å². The molecule has 1 amide bonds. The van der Waals surface area contributed by atoms with Crippen LogP contribution in [0.1, 0.15) is 41.4 Å². The zero-order chi connectivity index (χ0) is 17.9. The Labute approximate surface area is 151 Å². The van der Waals surface area contributed by atoms with Gasteiger partial charge in [0.15, 0.2) is 5.69 Å². The highest BCUT2D eigenvalue weighted by atomic mass is 16.5. The zero-order valence-electron chi connectivity index (χ0n) is 14.6. The Kier molecular flexibility index (Phi) is 4.43. The van der Waals surface area contributed by atoms with Gasteiger partial charge in [0, 0.05) is 24.5 Å². The number of carbonyl (C=O) groups excluding carboxylic acids is 1. The van der Waals surface area contributed by atoms with Crippen LogP contribution < -0.4 is 4.74 Å². The first-order valence-electron chi connectivity index (χ1n) is 8.76. The quantitative estimate of drug-likeness (QED) is 0.784. The predicted molar refractivity (Wildman–Crippen MR) is 96.3 cm³/mol. The molecule has 1 atom stereocenters. The van der Waals surface area contributed by atoms with Crippen molar-refractivity contribution >= 4 is 5.91 Å². The molecular formula is C19H21N5O2. The molecule has 0 spiro atoms. The van der Waals surface area contributed by atoms with E-state index < -0.39 is 0 Å². The second-order valence-electron chi connectivity index (χ2n) is 6.39. The molecule has 3 aromatic rings. The Morgan fingerprint density at radius 3 is 2.81 bits per heavy atom. The van der Waals surface area contributed by atoms with Crippen LogP contribution in [0.5, 0.6) is 5.75 Å². The monoisotopic (exact) mass is 351 g/mol. The molecule has 1 saturated heterocycles. The summed E-state index contributed by atoms with van der Waals surface area (Å²) in [4.78, 5) is 15.0. The van der Waals surface area contributed by atoms with Gasteiger partial charge in [0.2, 0.25) is 0 Å². The average Bonchev–Trinajstić information content (AvgIpc) is 3.40. The number of likely N-dealkylation sites (tertiary alicyclic amines) is 1. The van der Waals surface area contributed by atoms with E-state index >= 15 is 0 Å². The third kappa shape index (κ3) is 3.08. The summed E-state index contributed by atoms with van der Waals surface area (Å²) in [5, 5.41) is 11.4. The molecule has 4 rings (SSSR count). The molecule has 2 aromatic heterocycles. The molecule has 26 heavy (non-hydrogen) atoms. The van der Waals surface area contributed by atoms with Gasteiger partial charge in [-0.15, -0.1) is 0 Å². The molecule has 0 bridgehead atoms. The van der Waals surface area contributed by atoms with Crippen molar-refractivity contribution in [2.45, 2.75) is 25.3 Å². The maximum absolute atomic E-state index is 13.0. The Bertz CT molecular complexity index is 870. The van der Waals surface area contributed by atoms with Crippen LogP contribution >= 0.6 is 0 Å². The summed E-state index contributed by atoms with van der Waals surface area (Å²) in [7, 11) is 1.63. The first-order chi connectivity index (χ1) is 12.8. The molecule has 3 heterocycles. The summed E-state index contributed by atoms with van der Waals surface area (Å²) < 4.78 is 6.89. The second-order valence-corrected chi connectivity index (χ2v) is 6.39. The van der Waals surface area contributed by atoms with E-state index in [1.807, 2.05) is 41.6 Å². The number of methoxy groups -OCH3 is 1. The minimum Gasteiger partial charge on any atom is -0.497 e. The van der Waals surface area contributed by atoms with Gasteiger partial charge in [-0.2, -0.15) is 10.2 Å². The number of ether oxygens (including phenoxy) is 1. The van der Waals surface area contributed by atoms with Crippen LogP contribution in [0.2, 0.25) is 0 Å². The van der Waals surface area contributed by atoms with Crippen molar-refractivity contribution in [1.82, 2.24) is 24.9 Å². The van der Waals surface area contributed by atoms with Gasteiger partial charge in [0.1, 0.15) is 5.75 Å². The van der Waals surface area contributed by atoms with Crippen molar-refractivity contribution in [3.63, 3.8) is 0 Å². The highest BCUT2D eigenvalue weighted by molar-refractivity contribution is 5.92. The molecule has 0 saturated carbocycles. The van der Waals surface area contributed by atoms with E-state index in [2.05, 4.69) is 15.3 Å². The number of hydrogen-bond donors (Lipinski definition) is 1. The number of nitrogens with zero attached hydrogens (tertiary/aromatic N) is 4. The van der Waals surface area contributed by atoms with Crippen molar-refractivity contribution in [2.75, 3.05) is 13.7 Å². The van der Waals surface area contributed by atoms with Crippen LogP contribution in [0, 0.1) is 0 Å². The molecule has 1 aromatic carbocycles. The van der Waals surface area contributed by atoms with Gasteiger partial charge in [-0.1, -0.05) is 0 Å².